The Bertz CT molecular complexity index is 222. The molecule has 0 fully saturated rings. The quantitative estimate of drug-likeness (QED) is 0.596. The Labute approximate surface area is 105 Å². The first-order chi connectivity index (χ1) is 7.98. The summed E-state index contributed by atoms with van der Waals surface area (Å²) in [5.41, 5.74) is 5.01. The standard InChI is InChI=1S/C13H26N2O2/c1-12(2)10-17-9-8-16-7-5-4-6-13(3,15)11-14/h12H,4-10,15H2,1-3H3. The Hall–Kier alpha value is -0.630. The normalized spacial score (nSPS) is 14.6. The van der Waals surface area contributed by atoms with E-state index in [-0.39, 0.29) is 0 Å². The van der Waals surface area contributed by atoms with Crippen molar-refractivity contribution in [2.24, 2.45) is 11.7 Å². The number of nitrogens with two attached hydrogens (primary N) is 1. The summed E-state index contributed by atoms with van der Waals surface area (Å²) in [6.07, 6.45) is 2.59. The van der Waals surface area contributed by atoms with Gasteiger partial charge < -0.3 is 15.2 Å². The van der Waals surface area contributed by atoms with Crippen molar-refractivity contribution in [2.45, 2.75) is 45.6 Å². The maximum Gasteiger partial charge on any atom is 0.101 e. The largest absolute Gasteiger partial charge is 0.379 e. The molecule has 100 valence electrons. The van der Waals surface area contributed by atoms with Gasteiger partial charge in [0.25, 0.3) is 0 Å². The third kappa shape index (κ3) is 11.6. The lowest BCUT2D eigenvalue weighted by molar-refractivity contribution is 0.0364. The van der Waals surface area contributed by atoms with Crippen LogP contribution in [0.1, 0.15) is 40.0 Å². The third-order valence-corrected chi connectivity index (χ3v) is 2.31. The van der Waals surface area contributed by atoms with E-state index in [9.17, 15) is 0 Å². The summed E-state index contributed by atoms with van der Waals surface area (Å²) in [5.74, 6) is 0.572. The molecule has 4 heteroatoms. The van der Waals surface area contributed by atoms with Gasteiger partial charge in [-0.15, -0.1) is 0 Å². The highest BCUT2D eigenvalue weighted by molar-refractivity contribution is 5.00. The highest BCUT2D eigenvalue weighted by Gasteiger charge is 2.15. The van der Waals surface area contributed by atoms with E-state index in [0.29, 0.717) is 25.7 Å². The lowest BCUT2D eigenvalue weighted by atomic mass is 9.98. The van der Waals surface area contributed by atoms with Crippen molar-refractivity contribution < 1.29 is 9.47 Å². The maximum absolute atomic E-state index is 8.72. The lowest BCUT2D eigenvalue weighted by Gasteiger charge is -2.14. The maximum atomic E-state index is 8.72. The van der Waals surface area contributed by atoms with Gasteiger partial charge in [-0.05, 0) is 32.1 Å². The highest BCUT2D eigenvalue weighted by Crippen LogP contribution is 2.08. The van der Waals surface area contributed by atoms with Crippen molar-refractivity contribution in [2.75, 3.05) is 26.4 Å². The summed E-state index contributed by atoms with van der Waals surface area (Å²) in [6.45, 7) is 8.81. The molecule has 1 unspecified atom stereocenters. The van der Waals surface area contributed by atoms with Crippen molar-refractivity contribution in [3.05, 3.63) is 0 Å². The monoisotopic (exact) mass is 242 g/mol. The molecule has 0 bridgehead atoms. The summed E-state index contributed by atoms with van der Waals surface area (Å²) in [5, 5.41) is 8.72. The number of rotatable bonds is 10. The second-order valence-corrected chi connectivity index (χ2v) is 5.07. The van der Waals surface area contributed by atoms with Gasteiger partial charge in [-0.3, -0.25) is 0 Å². The number of unbranched alkanes of at least 4 members (excludes halogenated alkanes) is 1. The summed E-state index contributed by atoms with van der Waals surface area (Å²) in [4.78, 5) is 0. The average molecular weight is 242 g/mol. The fourth-order valence-electron chi connectivity index (χ4n) is 1.29. The molecule has 0 aromatic carbocycles. The smallest absolute Gasteiger partial charge is 0.101 e. The number of nitriles is 1. The Kier molecular flexibility index (Phi) is 9.06. The fourth-order valence-corrected chi connectivity index (χ4v) is 1.29. The number of ether oxygens (including phenoxy) is 2. The van der Waals surface area contributed by atoms with Gasteiger partial charge >= 0.3 is 0 Å². The first kappa shape index (κ1) is 16.4. The van der Waals surface area contributed by atoms with Crippen LogP contribution >= 0.6 is 0 Å². The van der Waals surface area contributed by atoms with Gasteiger partial charge in [0, 0.05) is 13.2 Å². The minimum Gasteiger partial charge on any atom is -0.379 e. The van der Waals surface area contributed by atoms with Crippen LogP contribution in [0.4, 0.5) is 0 Å². The van der Waals surface area contributed by atoms with Crippen LogP contribution in [0.15, 0.2) is 0 Å². The molecule has 0 spiro atoms. The Balaban J connectivity index is 3.17. The topological polar surface area (TPSA) is 68.3 Å². The molecule has 0 saturated heterocycles. The lowest BCUT2D eigenvalue weighted by Crippen LogP contribution is -2.33. The molecule has 0 rings (SSSR count). The summed E-state index contributed by atoms with van der Waals surface area (Å²) < 4.78 is 10.8. The molecule has 0 aliphatic rings. The molecule has 2 N–H and O–H groups in total. The van der Waals surface area contributed by atoms with Gasteiger partial charge in [0.15, 0.2) is 0 Å². The number of hydrogen-bond acceptors (Lipinski definition) is 4. The second kappa shape index (κ2) is 9.41. The van der Waals surface area contributed by atoms with E-state index in [2.05, 4.69) is 19.9 Å². The summed E-state index contributed by atoms with van der Waals surface area (Å²) in [7, 11) is 0. The third-order valence-electron chi connectivity index (χ3n) is 2.31. The second-order valence-electron chi connectivity index (χ2n) is 5.07. The van der Waals surface area contributed by atoms with E-state index in [0.717, 1.165) is 25.9 Å². The molecular weight excluding hydrogens is 216 g/mol. The zero-order valence-electron chi connectivity index (χ0n) is 11.4. The van der Waals surface area contributed by atoms with E-state index < -0.39 is 5.54 Å². The van der Waals surface area contributed by atoms with Crippen LogP contribution in [-0.2, 0) is 9.47 Å². The minimum absolute atomic E-state index is 0.572. The minimum atomic E-state index is -0.694. The molecule has 0 aliphatic carbocycles. The average Bonchev–Trinajstić information content (AvgIpc) is 2.26. The van der Waals surface area contributed by atoms with Crippen LogP contribution in [-0.4, -0.2) is 32.0 Å². The molecule has 4 nitrogen and oxygen atoms in total. The zero-order valence-corrected chi connectivity index (χ0v) is 11.4. The van der Waals surface area contributed by atoms with E-state index >= 15 is 0 Å². The zero-order chi connectivity index (χ0) is 13.1. The summed E-state index contributed by atoms with van der Waals surface area (Å²) >= 11 is 0. The van der Waals surface area contributed by atoms with Crippen molar-refractivity contribution in [3.63, 3.8) is 0 Å². The predicted molar refractivity (Wildman–Crippen MR) is 68.5 cm³/mol. The summed E-state index contributed by atoms with van der Waals surface area (Å²) in [6, 6.07) is 2.09. The van der Waals surface area contributed by atoms with Crippen LogP contribution in [0.5, 0.6) is 0 Å². The molecule has 0 aliphatic heterocycles. The Morgan fingerprint density at radius 1 is 1.18 bits per heavy atom. The van der Waals surface area contributed by atoms with Crippen LogP contribution in [0, 0.1) is 17.2 Å². The van der Waals surface area contributed by atoms with Gasteiger partial charge in [0.05, 0.1) is 19.3 Å². The van der Waals surface area contributed by atoms with Gasteiger partial charge in [-0.2, -0.15) is 5.26 Å². The molecule has 17 heavy (non-hydrogen) atoms. The molecule has 0 amide bonds. The van der Waals surface area contributed by atoms with Crippen molar-refractivity contribution in [1.29, 1.82) is 5.26 Å². The van der Waals surface area contributed by atoms with Crippen molar-refractivity contribution in [1.82, 2.24) is 0 Å². The molecule has 0 aromatic heterocycles. The van der Waals surface area contributed by atoms with Gasteiger partial charge in [0.2, 0.25) is 0 Å². The molecule has 1 atom stereocenters. The van der Waals surface area contributed by atoms with Gasteiger partial charge in [-0.25, -0.2) is 0 Å². The first-order valence-corrected chi connectivity index (χ1v) is 6.33. The molecular formula is C13H26N2O2. The van der Waals surface area contributed by atoms with Crippen molar-refractivity contribution >= 4 is 0 Å². The molecule has 0 heterocycles. The molecule has 0 aromatic rings. The van der Waals surface area contributed by atoms with Crippen LogP contribution in [0.25, 0.3) is 0 Å². The van der Waals surface area contributed by atoms with E-state index in [4.69, 9.17) is 20.5 Å². The molecule has 0 radical (unpaired) electrons. The Morgan fingerprint density at radius 3 is 2.41 bits per heavy atom. The van der Waals surface area contributed by atoms with Crippen LogP contribution in [0.3, 0.4) is 0 Å². The predicted octanol–water partition coefficient (Wildman–Crippen LogP) is 2.09. The Morgan fingerprint density at radius 2 is 1.82 bits per heavy atom. The van der Waals surface area contributed by atoms with Gasteiger partial charge in [0.1, 0.15) is 5.54 Å². The van der Waals surface area contributed by atoms with Crippen LogP contribution in [0.2, 0.25) is 0 Å². The van der Waals surface area contributed by atoms with Crippen LogP contribution < -0.4 is 5.73 Å². The van der Waals surface area contributed by atoms with E-state index in [1.165, 1.54) is 0 Å². The first-order valence-electron chi connectivity index (χ1n) is 6.33. The number of hydrogen-bond donors (Lipinski definition) is 1. The fraction of sp³-hybridized carbons (Fsp3) is 0.923. The molecule has 0 saturated carbocycles. The van der Waals surface area contributed by atoms with E-state index in [1.54, 1.807) is 6.92 Å². The van der Waals surface area contributed by atoms with E-state index in [1.807, 2.05) is 0 Å². The highest BCUT2D eigenvalue weighted by atomic mass is 16.5. The van der Waals surface area contributed by atoms with Crippen molar-refractivity contribution in [3.8, 4) is 6.07 Å². The van der Waals surface area contributed by atoms with Gasteiger partial charge in [-0.1, -0.05) is 13.8 Å². The SMILES string of the molecule is CC(C)COCCOCCCCC(C)(N)C#N. The number of nitrogens with zero attached hydrogens (tertiary/aromatic N) is 1.